The first kappa shape index (κ1) is 14.6. The number of hydrogen-bond acceptors (Lipinski definition) is 2. The first-order valence-electron chi connectivity index (χ1n) is 7.31. The van der Waals surface area contributed by atoms with E-state index >= 15 is 0 Å². The minimum atomic E-state index is 0.197. The smallest absolute Gasteiger partial charge is 0.123 e. The highest BCUT2D eigenvalue weighted by Gasteiger charge is 2.21. The predicted octanol–water partition coefficient (Wildman–Crippen LogP) is 4.39. The van der Waals surface area contributed by atoms with Crippen LogP contribution in [0, 0.1) is 6.92 Å². The summed E-state index contributed by atoms with van der Waals surface area (Å²) in [7, 11) is 2.00. The second kappa shape index (κ2) is 5.82. The fourth-order valence-electron chi connectivity index (χ4n) is 2.94. The highest BCUT2D eigenvalue weighted by Crippen LogP contribution is 2.33. The number of aryl methyl sites for hydroxylation is 1. The van der Waals surface area contributed by atoms with Gasteiger partial charge >= 0.3 is 0 Å². The third-order valence-corrected chi connectivity index (χ3v) is 4.93. The van der Waals surface area contributed by atoms with Crippen LogP contribution in [0.4, 0.5) is 0 Å². The predicted molar refractivity (Wildman–Crippen MR) is 90.0 cm³/mol. The van der Waals surface area contributed by atoms with E-state index in [-0.39, 0.29) is 12.1 Å². The summed E-state index contributed by atoms with van der Waals surface area (Å²) in [5.41, 5.74) is 5.11. The maximum atomic E-state index is 5.79. The molecule has 2 aromatic rings. The number of halogens is 1. The van der Waals surface area contributed by atoms with Crippen LogP contribution >= 0.6 is 15.9 Å². The quantitative estimate of drug-likeness (QED) is 0.890. The molecule has 1 aliphatic heterocycles. The molecule has 2 unspecified atom stereocenters. The van der Waals surface area contributed by atoms with Gasteiger partial charge in [0.1, 0.15) is 11.9 Å². The fourth-order valence-corrected chi connectivity index (χ4v) is 3.33. The van der Waals surface area contributed by atoms with Gasteiger partial charge in [-0.3, -0.25) is 0 Å². The largest absolute Gasteiger partial charge is 0.490 e. The molecule has 2 nitrogen and oxygen atoms in total. The Labute approximate surface area is 134 Å². The molecule has 2 atom stereocenters. The summed E-state index contributed by atoms with van der Waals surface area (Å²) in [5, 5.41) is 3.42. The lowest BCUT2D eigenvalue weighted by Crippen LogP contribution is -2.17. The van der Waals surface area contributed by atoms with Crippen LogP contribution in [0.25, 0.3) is 0 Å². The van der Waals surface area contributed by atoms with E-state index in [1.807, 2.05) is 7.05 Å². The zero-order chi connectivity index (χ0) is 15.0. The lowest BCUT2D eigenvalue weighted by molar-refractivity contribution is 0.254. The van der Waals surface area contributed by atoms with Crippen molar-refractivity contribution in [1.29, 1.82) is 0 Å². The Morgan fingerprint density at radius 1 is 1.19 bits per heavy atom. The Hall–Kier alpha value is -1.32. The van der Waals surface area contributed by atoms with Crippen molar-refractivity contribution in [2.24, 2.45) is 0 Å². The van der Waals surface area contributed by atoms with Gasteiger partial charge in [0.05, 0.1) is 6.04 Å². The molecule has 0 aliphatic carbocycles. The number of hydrogen-bond donors (Lipinski definition) is 1. The van der Waals surface area contributed by atoms with Crippen LogP contribution in [0.15, 0.2) is 40.9 Å². The average molecular weight is 346 g/mol. The van der Waals surface area contributed by atoms with E-state index in [0.717, 1.165) is 16.6 Å². The molecule has 3 rings (SSSR count). The first-order valence-corrected chi connectivity index (χ1v) is 8.10. The number of benzene rings is 2. The third-order valence-electron chi connectivity index (χ3n) is 4.07. The van der Waals surface area contributed by atoms with E-state index in [1.54, 1.807) is 0 Å². The molecule has 1 N–H and O–H groups in total. The highest BCUT2D eigenvalue weighted by molar-refractivity contribution is 9.10. The van der Waals surface area contributed by atoms with Crippen molar-refractivity contribution in [3.05, 3.63) is 63.1 Å². The van der Waals surface area contributed by atoms with Gasteiger partial charge in [0, 0.05) is 10.9 Å². The van der Waals surface area contributed by atoms with Gasteiger partial charge in [-0.05, 0) is 55.3 Å². The standard InChI is InChI=1S/C18H20BrNO/c1-11-4-5-14(10-16(11)19)18(20-3)13-6-7-17-15(9-13)8-12(2)21-17/h4-7,9-10,12,18,20H,8H2,1-3H3. The molecule has 0 fully saturated rings. The Kier molecular flexibility index (Phi) is 4.05. The van der Waals surface area contributed by atoms with Gasteiger partial charge in [0.15, 0.2) is 0 Å². The van der Waals surface area contributed by atoms with Crippen molar-refractivity contribution in [2.45, 2.75) is 32.4 Å². The fraction of sp³-hybridized carbons (Fsp3) is 0.333. The van der Waals surface area contributed by atoms with Crippen molar-refractivity contribution >= 4 is 15.9 Å². The molecule has 0 saturated carbocycles. The molecule has 1 aliphatic rings. The number of nitrogens with one attached hydrogen (secondary N) is 1. The normalized spacial score (nSPS) is 18.2. The molecular weight excluding hydrogens is 326 g/mol. The molecule has 0 spiro atoms. The second-order valence-electron chi connectivity index (χ2n) is 5.73. The summed E-state index contributed by atoms with van der Waals surface area (Å²) >= 11 is 3.63. The monoisotopic (exact) mass is 345 g/mol. The van der Waals surface area contributed by atoms with E-state index in [1.165, 1.54) is 22.3 Å². The van der Waals surface area contributed by atoms with Crippen LogP contribution in [0.3, 0.4) is 0 Å². The highest BCUT2D eigenvalue weighted by atomic mass is 79.9. The van der Waals surface area contributed by atoms with Crippen LogP contribution in [0.1, 0.15) is 35.2 Å². The average Bonchev–Trinajstić information content (AvgIpc) is 2.83. The molecule has 2 aromatic carbocycles. The van der Waals surface area contributed by atoms with Crippen molar-refractivity contribution in [3.8, 4) is 5.75 Å². The van der Waals surface area contributed by atoms with Crippen LogP contribution in [-0.4, -0.2) is 13.2 Å². The zero-order valence-corrected chi connectivity index (χ0v) is 14.2. The van der Waals surface area contributed by atoms with Crippen molar-refractivity contribution < 1.29 is 4.74 Å². The molecule has 1 heterocycles. The van der Waals surface area contributed by atoms with Crippen LogP contribution in [0.5, 0.6) is 5.75 Å². The van der Waals surface area contributed by atoms with Gasteiger partial charge in [-0.15, -0.1) is 0 Å². The summed E-state index contributed by atoms with van der Waals surface area (Å²) in [6.07, 6.45) is 1.29. The summed E-state index contributed by atoms with van der Waals surface area (Å²) in [6.45, 7) is 4.22. The van der Waals surface area contributed by atoms with E-state index < -0.39 is 0 Å². The topological polar surface area (TPSA) is 21.3 Å². The van der Waals surface area contributed by atoms with E-state index in [4.69, 9.17) is 4.74 Å². The molecule has 0 aromatic heterocycles. The first-order chi connectivity index (χ1) is 10.1. The number of fused-ring (bicyclic) bond motifs is 1. The Morgan fingerprint density at radius 3 is 2.62 bits per heavy atom. The van der Waals surface area contributed by atoms with E-state index in [9.17, 15) is 0 Å². The Morgan fingerprint density at radius 2 is 1.90 bits per heavy atom. The van der Waals surface area contributed by atoms with Gasteiger partial charge < -0.3 is 10.1 Å². The van der Waals surface area contributed by atoms with Crippen LogP contribution < -0.4 is 10.1 Å². The summed E-state index contributed by atoms with van der Waals surface area (Å²) in [6, 6.07) is 13.3. The second-order valence-corrected chi connectivity index (χ2v) is 6.58. The van der Waals surface area contributed by atoms with Gasteiger partial charge in [0.2, 0.25) is 0 Å². The molecule has 3 heteroatoms. The van der Waals surface area contributed by atoms with Crippen LogP contribution in [-0.2, 0) is 6.42 Å². The van der Waals surface area contributed by atoms with Gasteiger partial charge in [-0.2, -0.15) is 0 Å². The minimum Gasteiger partial charge on any atom is -0.490 e. The SMILES string of the molecule is CNC(c1ccc(C)c(Br)c1)c1ccc2c(c1)CC(C)O2. The van der Waals surface area contributed by atoms with Crippen molar-refractivity contribution in [2.75, 3.05) is 7.05 Å². The van der Waals surface area contributed by atoms with Crippen LogP contribution in [0.2, 0.25) is 0 Å². The molecule has 0 saturated heterocycles. The number of ether oxygens (including phenoxy) is 1. The lowest BCUT2D eigenvalue weighted by atomic mass is 9.95. The van der Waals surface area contributed by atoms with Crippen molar-refractivity contribution in [3.63, 3.8) is 0 Å². The Balaban J connectivity index is 1.97. The van der Waals surface area contributed by atoms with Gasteiger partial charge in [0.25, 0.3) is 0 Å². The minimum absolute atomic E-state index is 0.197. The third kappa shape index (κ3) is 2.85. The molecule has 0 amide bonds. The van der Waals surface area contributed by atoms with Crippen molar-refractivity contribution in [1.82, 2.24) is 5.32 Å². The Bertz CT molecular complexity index is 668. The lowest BCUT2D eigenvalue weighted by Gasteiger charge is -2.19. The summed E-state index contributed by atoms with van der Waals surface area (Å²) in [4.78, 5) is 0. The maximum absolute atomic E-state index is 5.79. The van der Waals surface area contributed by atoms with Gasteiger partial charge in [-0.1, -0.05) is 40.2 Å². The number of rotatable bonds is 3. The molecular formula is C18H20BrNO. The summed E-state index contributed by atoms with van der Waals surface area (Å²) < 4.78 is 6.94. The van der Waals surface area contributed by atoms with Gasteiger partial charge in [-0.25, -0.2) is 0 Å². The zero-order valence-electron chi connectivity index (χ0n) is 12.6. The summed E-state index contributed by atoms with van der Waals surface area (Å²) in [5.74, 6) is 1.03. The molecule has 21 heavy (non-hydrogen) atoms. The molecule has 110 valence electrons. The van der Waals surface area contributed by atoms with E-state index in [2.05, 4.69) is 71.5 Å². The maximum Gasteiger partial charge on any atom is 0.123 e. The molecule has 0 bridgehead atoms. The van der Waals surface area contributed by atoms with E-state index in [0.29, 0.717) is 0 Å². The molecule has 0 radical (unpaired) electrons.